The van der Waals surface area contributed by atoms with Crippen LogP contribution in [0.3, 0.4) is 0 Å². The summed E-state index contributed by atoms with van der Waals surface area (Å²) in [7, 11) is 0. The van der Waals surface area contributed by atoms with E-state index in [0.717, 1.165) is 41.9 Å². The average molecular weight is 281 g/mol. The van der Waals surface area contributed by atoms with Gasteiger partial charge in [-0.1, -0.05) is 36.4 Å². The van der Waals surface area contributed by atoms with Gasteiger partial charge in [-0.3, -0.25) is 4.90 Å². The maximum absolute atomic E-state index is 12.4. The second-order valence-corrected chi connectivity index (χ2v) is 5.24. The van der Waals surface area contributed by atoms with Crippen LogP contribution < -0.4 is 16.0 Å². The Bertz CT molecular complexity index is 640. The summed E-state index contributed by atoms with van der Waals surface area (Å²) in [6.45, 7) is 1.27. The van der Waals surface area contributed by atoms with Gasteiger partial charge in [0.15, 0.2) is 0 Å². The molecule has 0 unspecified atom stereocenters. The van der Waals surface area contributed by atoms with Gasteiger partial charge in [-0.2, -0.15) is 0 Å². The molecule has 0 aromatic heterocycles. The lowest BCUT2D eigenvalue weighted by Crippen LogP contribution is -2.42. The van der Waals surface area contributed by atoms with E-state index >= 15 is 0 Å². The summed E-state index contributed by atoms with van der Waals surface area (Å²) in [5, 5.41) is 2.98. The minimum absolute atomic E-state index is 0.0644. The van der Waals surface area contributed by atoms with Crippen molar-refractivity contribution in [3.05, 3.63) is 59.7 Å². The number of carbonyl (C=O) groups excluding carboxylic acids is 1. The summed E-state index contributed by atoms with van der Waals surface area (Å²) < 4.78 is 0. The van der Waals surface area contributed by atoms with Gasteiger partial charge in [0.25, 0.3) is 0 Å². The molecular formula is C17H19N3O. The van der Waals surface area contributed by atoms with E-state index in [-0.39, 0.29) is 6.03 Å². The van der Waals surface area contributed by atoms with Gasteiger partial charge >= 0.3 is 6.03 Å². The van der Waals surface area contributed by atoms with Gasteiger partial charge in [0.05, 0.1) is 5.69 Å². The summed E-state index contributed by atoms with van der Waals surface area (Å²) in [5.74, 6) is 0. The Labute approximate surface area is 124 Å². The standard InChI is InChI=1S/C17H19N3O/c18-15-9-4-10-16-14(15)8-5-11-20(16)17(21)19-12-13-6-2-1-3-7-13/h1-4,6-7,9-10H,5,8,11-12,18H2,(H,19,21). The number of fused-ring (bicyclic) bond motifs is 1. The van der Waals surface area contributed by atoms with Crippen molar-refractivity contribution >= 4 is 17.4 Å². The molecule has 21 heavy (non-hydrogen) atoms. The molecule has 0 saturated heterocycles. The molecule has 0 aliphatic carbocycles. The molecule has 0 radical (unpaired) electrons. The predicted octanol–water partition coefficient (Wildman–Crippen LogP) is 2.93. The Morgan fingerprint density at radius 2 is 1.95 bits per heavy atom. The zero-order valence-electron chi connectivity index (χ0n) is 11.9. The average Bonchev–Trinajstić information content (AvgIpc) is 2.53. The molecule has 2 aromatic carbocycles. The number of benzene rings is 2. The molecule has 4 nitrogen and oxygen atoms in total. The fraction of sp³-hybridized carbons (Fsp3) is 0.235. The highest BCUT2D eigenvalue weighted by atomic mass is 16.2. The second-order valence-electron chi connectivity index (χ2n) is 5.24. The first-order valence-electron chi connectivity index (χ1n) is 7.22. The summed E-state index contributed by atoms with van der Waals surface area (Å²) in [5.41, 5.74) is 9.89. The number of nitrogens with two attached hydrogens (primary N) is 1. The predicted molar refractivity (Wildman–Crippen MR) is 85.2 cm³/mol. The third-order valence-corrected chi connectivity index (χ3v) is 3.82. The monoisotopic (exact) mass is 281 g/mol. The van der Waals surface area contributed by atoms with Crippen molar-refractivity contribution in [3.8, 4) is 0 Å². The van der Waals surface area contributed by atoms with Crippen LogP contribution in [-0.4, -0.2) is 12.6 Å². The highest BCUT2D eigenvalue weighted by Gasteiger charge is 2.23. The van der Waals surface area contributed by atoms with Crippen LogP contribution in [0.2, 0.25) is 0 Å². The molecule has 3 N–H and O–H groups in total. The number of nitrogen functional groups attached to an aromatic ring is 1. The van der Waals surface area contributed by atoms with Crippen molar-refractivity contribution in [2.24, 2.45) is 0 Å². The molecule has 1 heterocycles. The number of anilines is 2. The first kappa shape index (κ1) is 13.5. The third-order valence-electron chi connectivity index (χ3n) is 3.82. The Morgan fingerprint density at radius 3 is 2.76 bits per heavy atom. The number of rotatable bonds is 2. The molecule has 1 aliphatic rings. The number of urea groups is 1. The van der Waals surface area contributed by atoms with Crippen LogP contribution >= 0.6 is 0 Å². The molecule has 108 valence electrons. The van der Waals surface area contributed by atoms with Gasteiger partial charge in [0, 0.05) is 18.8 Å². The normalized spacial score (nSPS) is 13.6. The van der Waals surface area contributed by atoms with E-state index in [0.29, 0.717) is 6.54 Å². The topological polar surface area (TPSA) is 58.4 Å². The summed E-state index contributed by atoms with van der Waals surface area (Å²) >= 11 is 0. The number of hydrogen-bond donors (Lipinski definition) is 2. The quantitative estimate of drug-likeness (QED) is 0.831. The Morgan fingerprint density at radius 1 is 1.14 bits per heavy atom. The second kappa shape index (κ2) is 5.87. The molecule has 2 amide bonds. The molecule has 0 bridgehead atoms. The highest BCUT2D eigenvalue weighted by molar-refractivity contribution is 5.94. The third kappa shape index (κ3) is 2.84. The molecule has 0 spiro atoms. The van der Waals surface area contributed by atoms with Crippen molar-refractivity contribution in [2.75, 3.05) is 17.2 Å². The summed E-state index contributed by atoms with van der Waals surface area (Å²) in [4.78, 5) is 14.2. The van der Waals surface area contributed by atoms with Crippen LogP contribution in [0.4, 0.5) is 16.2 Å². The van der Waals surface area contributed by atoms with Crippen molar-refractivity contribution in [1.82, 2.24) is 5.32 Å². The van der Waals surface area contributed by atoms with E-state index < -0.39 is 0 Å². The van der Waals surface area contributed by atoms with Gasteiger partial charge in [0.1, 0.15) is 0 Å². The number of nitrogens with zero attached hydrogens (tertiary/aromatic N) is 1. The van der Waals surface area contributed by atoms with Crippen LogP contribution in [0, 0.1) is 0 Å². The highest BCUT2D eigenvalue weighted by Crippen LogP contribution is 2.31. The SMILES string of the molecule is Nc1cccc2c1CCCN2C(=O)NCc1ccccc1. The minimum Gasteiger partial charge on any atom is -0.398 e. The number of hydrogen-bond acceptors (Lipinski definition) is 2. The van der Waals surface area contributed by atoms with Crippen LogP contribution in [0.25, 0.3) is 0 Å². The van der Waals surface area contributed by atoms with Crippen molar-refractivity contribution in [1.29, 1.82) is 0 Å². The van der Waals surface area contributed by atoms with Crippen LogP contribution in [0.1, 0.15) is 17.5 Å². The molecular weight excluding hydrogens is 262 g/mol. The largest absolute Gasteiger partial charge is 0.398 e. The zero-order valence-corrected chi connectivity index (χ0v) is 11.9. The van der Waals surface area contributed by atoms with E-state index in [2.05, 4.69) is 5.32 Å². The minimum atomic E-state index is -0.0644. The van der Waals surface area contributed by atoms with Gasteiger partial charge in [-0.25, -0.2) is 4.79 Å². The van der Waals surface area contributed by atoms with E-state index in [1.807, 2.05) is 48.5 Å². The molecule has 0 atom stereocenters. The Balaban J connectivity index is 1.73. The molecule has 3 rings (SSSR count). The first-order valence-corrected chi connectivity index (χ1v) is 7.22. The van der Waals surface area contributed by atoms with E-state index in [4.69, 9.17) is 5.73 Å². The van der Waals surface area contributed by atoms with E-state index in [9.17, 15) is 4.79 Å². The number of carbonyl (C=O) groups is 1. The first-order chi connectivity index (χ1) is 10.3. The maximum atomic E-state index is 12.4. The molecule has 2 aromatic rings. The smallest absolute Gasteiger partial charge is 0.322 e. The van der Waals surface area contributed by atoms with Crippen LogP contribution in [0.15, 0.2) is 48.5 Å². The molecule has 0 saturated carbocycles. The summed E-state index contributed by atoms with van der Waals surface area (Å²) in [6, 6.07) is 15.6. The van der Waals surface area contributed by atoms with Gasteiger partial charge in [-0.15, -0.1) is 0 Å². The molecule has 4 heteroatoms. The lowest BCUT2D eigenvalue weighted by Gasteiger charge is -2.30. The zero-order chi connectivity index (χ0) is 14.7. The van der Waals surface area contributed by atoms with Crippen LogP contribution in [0.5, 0.6) is 0 Å². The molecule has 1 aliphatic heterocycles. The van der Waals surface area contributed by atoms with Crippen LogP contribution in [-0.2, 0) is 13.0 Å². The molecule has 0 fully saturated rings. The van der Waals surface area contributed by atoms with Gasteiger partial charge in [0.2, 0.25) is 0 Å². The summed E-state index contributed by atoms with van der Waals surface area (Å²) in [6.07, 6.45) is 1.88. The van der Waals surface area contributed by atoms with Crippen molar-refractivity contribution < 1.29 is 4.79 Å². The van der Waals surface area contributed by atoms with Gasteiger partial charge in [-0.05, 0) is 36.1 Å². The van der Waals surface area contributed by atoms with Crippen molar-refractivity contribution in [2.45, 2.75) is 19.4 Å². The Hall–Kier alpha value is -2.49. The van der Waals surface area contributed by atoms with Crippen molar-refractivity contribution in [3.63, 3.8) is 0 Å². The van der Waals surface area contributed by atoms with Gasteiger partial charge < -0.3 is 11.1 Å². The lowest BCUT2D eigenvalue weighted by molar-refractivity contribution is 0.245. The number of amides is 2. The van der Waals surface area contributed by atoms with E-state index in [1.165, 1.54) is 0 Å². The number of nitrogens with one attached hydrogen (secondary N) is 1. The Kier molecular flexibility index (Phi) is 3.77. The van der Waals surface area contributed by atoms with E-state index in [1.54, 1.807) is 4.90 Å². The lowest BCUT2D eigenvalue weighted by atomic mass is 10.0. The maximum Gasteiger partial charge on any atom is 0.322 e. The fourth-order valence-electron chi connectivity index (χ4n) is 2.73. The fourth-order valence-corrected chi connectivity index (χ4v) is 2.73.